The Morgan fingerprint density at radius 1 is 1.50 bits per heavy atom. The van der Waals surface area contributed by atoms with Crippen LogP contribution in [0.3, 0.4) is 0 Å². The fourth-order valence-corrected chi connectivity index (χ4v) is 2.18. The first-order valence-corrected chi connectivity index (χ1v) is 5.65. The van der Waals surface area contributed by atoms with Gasteiger partial charge in [0.05, 0.1) is 12.1 Å². The average molecular weight is 217 g/mol. The predicted octanol–water partition coefficient (Wildman–Crippen LogP) is 1.92. The molecule has 2 aromatic heterocycles. The highest BCUT2D eigenvalue weighted by molar-refractivity contribution is 5.50. The summed E-state index contributed by atoms with van der Waals surface area (Å²) in [7, 11) is 0. The van der Waals surface area contributed by atoms with Gasteiger partial charge in [-0.1, -0.05) is 6.07 Å². The Morgan fingerprint density at radius 3 is 3.25 bits per heavy atom. The van der Waals surface area contributed by atoms with E-state index in [-0.39, 0.29) is 6.10 Å². The lowest BCUT2D eigenvalue weighted by Crippen LogP contribution is -2.27. The second kappa shape index (κ2) is 3.79. The van der Waals surface area contributed by atoms with Crippen LogP contribution in [0.25, 0.3) is 5.65 Å². The van der Waals surface area contributed by atoms with Crippen LogP contribution in [0.5, 0.6) is 0 Å². The van der Waals surface area contributed by atoms with Crippen LogP contribution in [0.15, 0.2) is 30.6 Å². The first kappa shape index (κ1) is 9.66. The van der Waals surface area contributed by atoms with Gasteiger partial charge >= 0.3 is 0 Å². The van der Waals surface area contributed by atoms with Crippen LogP contribution in [0.1, 0.15) is 13.3 Å². The number of nitrogens with zero attached hydrogens (tertiary/aromatic N) is 2. The minimum absolute atomic E-state index is 0.277. The van der Waals surface area contributed by atoms with Crippen LogP contribution >= 0.6 is 0 Å². The standard InChI is InChI=1S/C12H15N3O/c1-9-10(5-8-16-9)14-12-4-2-3-11-13-6-7-15(11)12/h2-4,6-7,9-10,14H,5,8H2,1H3. The number of hydrogen-bond acceptors (Lipinski definition) is 3. The van der Waals surface area contributed by atoms with E-state index >= 15 is 0 Å². The largest absolute Gasteiger partial charge is 0.376 e. The molecule has 16 heavy (non-hydrogen) atoms. The van der Waals surface area contributed by atoms with Gasteiger partial charge in [-0.15, -0.1) is 0 Å². The van der Waals surface area contributed by atoms with Gasteiger partial charge in [0.25, 0.3) is 0 Å². The molecule has 3 heterocycles. The molecule has 1 aliphatic heterocycles. The number of ether oxygens (including phenoxy) is 1. The van der Waals surface area contributed by atoms with Gasteiger partial charge < -0.3 is 10.1 Å². The van der Waals surface area contributed by atoms with Crippen LogP contribution in [0.2, 0.25) is 0 Å². The molecule has 1 aliphatic rings. The summed E-state index contributed by atoms with van der Waals surface area (Å²) in [6.07, 6.45) is 5.12. The molecule has 0 amide bonds. The molecule has 2 aromatic rings. The van der Waals surface area contributed by atoms with Crippen LogP contribution in [0.4, 0.5) is 5.82 Å². The first-order chi connectivity index (χ1) is 7.84. The SMILES string of the molecule is CC1OCCC1Nc1cccc2nccn12. The number of rotatable bonds is 2. The maximum Gasteiger partial charge on any atom is 0.138 e. The molecule has 0 radical (unpaired) electrons. The summed E-state index contributed by atoms with van der Waals surface area (Å²) < 4.78 is 7.60. The minimum Gasteiger partial charge on any atom is -0.376 e. The molecule has 1 N–H and O–H groups in total. The van der Waals surface area contributed by atoms with E-state index in [0.29, 0.717) is 6.04 Å². The van der Waals surface area contributed by atoms with Crippen molar-refractivity contribution >= 4 is 11.5 Å². The van der Waals surface area contributed by atoms with E-state index in [1.807, 2.05) is 24.5 Å². The Balaban J connectivity index is 1.91. The van der Waals surface area contributed by atoms with Crippen molar-refractivity contribution in [1.82, 2.24) is 9.38 Å². The third-order valence-corrected chi connectivity index (χ3v) is 3.14. The van der Waals surface area contributed by atoms with Crippen LogP contribution in [-0.4, -0.2) is 28.1 Å². The van der Waals surface area contributed by atoms with Gasteiger partial charge in [-0.3, -0.25) is 4.40 Å². The topological polar surface area (TPSA) is 38.6 Å². The Kier molecular flexibility index (Phi) is 2.29. The van der Waals surface area contributed by atoms with Gasteiger partial charge in [-0.25, -0.2) is 4.98 Å². The highest BCUT2D eigenvalue weighted by Crippen LogP contribution is 2.19. The zero-order valence-corrected chi connectivity index (χ0v) is 9.26. The number of anilines is 1. The lowest BCUT2D eigenvalue weighted by atomic mass is 10.1. The van der Waals surface area contributed by atoms with E-state index in [1.54, 1.807) is 0 Å². The molecule has 0 aliphatic carbocycles. The Bertz CT molecular complexity index is 494. The quantitative estimate of drug-likeness (QED) is 0.835. The summed E-state index contributed by atoms with van der Waals surface area (Å²) in [6.45, 7) is 2.96. The van der Waals surface area contributed by atoms with E-state index in [0.717, 1.165) is 24.5 Å². The number of nitrogens with one attached hydrogen (secondary N) is 1. The monoisotopic (exact) mass is 217 g/mol. The summed E-state index contributed by atoms with van der Waals surface area (Å²) in [6, 6.07) is 6.48. The predicted molar refractivity (Wildman–Crippen MR) is 62.6 cm³/mol. The summed E-state index contributed by atoms with van der Waals surface area (Å²) in [5.74, 6) is 1.08. The van der Waals surface area contributed by atoms with E-state index in [1.165, 1.54) is 0 Å². The van der Waals surface area contributed by atoms with Crippen LogP contribution in [0, 0.1) is 0 Å². The summed E-state index contributed by atoms with van der Waals surface area (Å²) >= 11 is 0. The van der Waals surface area contributed by atoms with E-state index in [2.05, 4.69) is 27.7 Å². The second-order valence-corrected chi connectivity index (χ2v) is 4.18. The van der Waals surface area contributed by atoms with Gasteiger partial charge in [0.2, 0.25) is 0 Å². The lowest BCUT2D eigenvalue weighted by molar-refractivity contribution is 0.121. The van der Waals surface area contributed by atoms with E-state index < -0.39 is 0 Å². The summed E-state index contributed by atoms with van der Waals surface area (Å²) in [4.78, 5) is 4.26. The molecule has 4 nitrogen and oxygen atoms in total. The molecule has 4 heteroatoms. The second-order valence-electron chi connectivity index (χ2n) is 4.18. The number of aromatic nitrogens is 2. The fourth-order valence-electron chi connectivity index (χ4n) is 2.18. The van der Waals surface area contributed by atoms with Crippen molar-refractivity contribution in [1.29, 1.82) is 0 Å². The lowest BCUT2D eigenvalue weighted by Gasteiger charge is -2.18. The number of imidazole rings is 1. The zero-order chi connectivity index (χ0) is 11.0. The van der Waals surface area contributed by atoms with Gasteiger partial charge in [0, 0.05) is 19.0 Å². The maximum atomic E-state index is 5.54. The maximum absolute atomic E-state index is 5.54. The molecule has 2 unspecified atom stereocenters. The Labute approximate surface area is 94.3 Å². The molecule has 3 rings (SSSR count). The number of hydrogen-bond donors (Lipinski definition) is 1. The van der Waals surface area contributed by atoms with Crippen molar-refractivity contribution in [3.05, 3.63) is 30.6 Å². The molecular weight excluding hydrogens is 202 g/mol. The van der Waals surface area contributed by atoms with Gasteiger partial charge in [-0.2, -0.15) is 0 Å². The molecular formula is C12H15N3O. The minimum atomic E-state index is 0.277. The third-order valence-electron chi connectivity index (χ3n) is 3.14. The number of fused-ring (bicyclic) bond motifs is 1. The van der Waals surface area contributed by atoms with Gasteiger partial charge in [0.1, 0.15) is 11.5 Å². The third kappa shape index (κ3) is 1.55. The highest BCUT2D eigenvalue weighted by atomic mass is 16.5. The van der Waals surface area contributed by atoms with E-state index in [4.69, 9.17) is 4.74 Å². The smallest absolute Gasteiger partial charge is 0.138 e. The van der Waals surface area contributed by atoms with Crippen LogP contribution < -0.4 is 5.32 Å². The molecule has 0 saturated carbocycles. The zero-order valence-electron chi connectivity index (χ0n) is 9.26. The summed E-state index contributed by atoms with van der Waals surface area (Å²) in [5, 5.41) is 3.52. The van der Waals surface area contributed by atoms with Gasteiger partial charge in [0.15, 0.2) is 0 Å². The molecule has 0 bridgehead atoms. The molecule has 2 atom stereocenters. The molecule has 0 spiro atoms. The highest BCUT2D eigenvalue weighted by Gasteiger charge is 2.24. The van der Waals surface area contributed by atoms with E-state index in [9.17, 15) is 0 Å². The van der Waals surface area contributed by atoms with Crippen molar-refractivity contribution in [2.45, 2.75) is 25.5 Å². The Hall–Kier alpha value is -1.55. The molecule has 84 valence electrons. The van der Waals surface area contributed by atoms with Crippen molar-refractivity contribution in [2.75, 3.05) is 11.9 Å². The fraction of sp³-hybridized carbons (Fsp3) is 0.417. The van der Waals surface area contributed by atoms with Crippen molar-refractivity contribution < 1.29 is 4.74 Å². The molecule has 1 saturated heterocycles. The Morgan fingerprint density at radius 2 is 2.44 bits per heavy atom. The van der Waals surface area contributed by atoms with Crippen molar-refractivity contribution in [3.8, 4) is 0 Å². The van der Waals surface area contributed by atoms with Crippen molar-refractivity contribution in [3.63, 3.8) is 0 Å². The average Bonchev–Trinajstić information content (AvgIpc) is 2.89. The first-order valence-electron chi connectivity index (χ1n) is 5.65. The molecule has 0 aromatic carbocycles. The summed E-state index contributed by atoms with van der Waals surface area (Å²) in [5.41, 5.74) is 0.969. The van der Waals surface area contributed by atoms with Crippen LogP contribution in [-0.2, 0) is 4.74 Å². The molecule has 1 fully saturated rings. The van der Waals surface area contributed by atoms with Gasteiger partial charge in [-0.05, 0) is 25.5 Å². The normalized spacial score (nSPS) is 25.1. The van der Waals surface area contributed by atoms with Crippen molar-refractivity contribution in [2.24, 2.45) is 0 Å². The number of pyridine rings is 1.